The molecule has 1 N–H and O–H groups in total. The molecule has 0 radical (unpaired) electrons. The monoisotopic (exact) mass is 360 g/mol. The van der Waals surface area contributed by atoms with Crippen LogP contribution in [0.25, 0.3) is 0 Å². The Morgan fingerprint density at radius 1 is 1.08 bits per heavy atom. The molecule has 0 bridgehead atoms. The van der Waals surface area contributed by atoms with Gasteiger partial charge in [-0.2, -0.15) is 0 Å². The highest BCUT2D eigenvalue weighted by Gasteiger charge is 2.23. The SMILES string of the molecule is CCN(CC)C(=O)C(Cc1ccc(Cl)cc1)Nc1ccc(OC)cc1. The first-order chi connectivity index (χ1) is 12.1. The minimum Gasteiger partial charge on any atom is -0.497 e. The number of ether oxygens (including phenoxy) is 1. The Morgan fingerprint density at radius 2 is 1.68 bits per heavy atom. The Bertz CT molecular complexity index is 667. The van der Waals surface area contributed by atoms with Crippen LogP contribution in [-0.2, 0) is 11.2 Å². The van der Waals surface area contributed by atoms with Crippen molar-refractivity contribution in [3.63, 3.8) is 0 Å². The third kappa shape index (κ3) is 5.40. The molecular formula is C20H25ClN2O2. The molecule has 134 valence electrons. The zero-order valence-corrected chi connectivity index (χ0v) is 15.7. The van der Waals surface area contributed by atoms with Gasteiger partial charge in [-0.15, -0.1) is 0 Å². The lowest BCUT2D eigenvalue weighted by atomic mass is 10.0. The molecule has 2 rings (SSSR count). The van der Waals surface area contributed by atoms with E-state index in [1.807, 2.05) is 67.3 Å². The number of carbonyl (C=O) groups is 1. The number of anilines is 1. The highest BCUT2D eigenvalue weighted by molar-refractivity contribution is 6.30. The molecule has 0 aliphatic heterocycles. The van der Waals surface area contributed by atoms with Gasteiger partial charge in [0, 0.05) is 30.2 Å². The summed E-state index contributed by atoms with van der Waals surface area (Å²) in [7, 11) is 1.63. The second-order valence-electron chi connectivity index (χ2n) is 5.77. The highest BCUT2D eigenvalue weighted by atomic mass is 35.5. The molecule has 25 heavy (non-hydrogen) atoms. The van der Waals surface area contributed by atoms with E-state index < -0.39 is 0 Å². The summed E-state index contributed by atoms with van der Waals surface area (Å²) in [5.74, 6) is 0.880. The van der Waals surface area contributed by atoms with Crippen molar-refractivity contribution in [2.75, 3.05) is 25.5 Å². The van der Waals surface area contributed by atoms with Crippen LogP contribution in [-0.4, -0.2) is 37.0 Å². The second kappa shape index (κ2) is 9.33. The molecule has 0 saturated carbocycles. The van der Waals surface area contributed by atoms with Crippen molar-refractivity contribution in [1.29, 1.82) is 0 Å². The number of benzene rings is 2. The van der Waals surface area contributed by atoms with Crippen molar-refractivity contribution in [1.82, 2.24) is 4.90 Å². The Balaban J connectivity index is 2.20. The maximum atomic E-state index is 12.9. The van der Waals surface area contributed by atoms with Gasteiger partial charge in [-0.25, -0.2) is 0 Å². The summed E-state index contributed by atoms with van der Waals surface area (Å²) in [6.07, 6.45) is 0.596. The van der Waals surface area contributed by atoms with Crippen LogP contribution < -0.4 is 10.1 Å². The Kier molecular flexibility index (Phi) is 7.14. The number of methoxy groups -OCH3 is 1. The summed E-state index contributed by atoms with van der Waals surface area (Å²) in [6, 6.07) is 14.9. The average molecular weight is 361 g/mol. The van der Waals surface area contributed by atoms with Gasteiger partial charge >= 0.3 is 0 Å². The molecule has 2 aromatic carbocycles. The van der Waals surface area contributed by atoms with Crippen LogP contribution in [0.3, 0.4) is 0 Å². The van der Waals surface area contributed by atoms with Crippen molar-refractivity contribution in [3.05, 3.63) is 59.1 Å². The molecule has 0 fully saturated rings. The fourth-order valence-electron chi connectivity index (χ4n) is 2.70. The van der Waals surface area contributed by atoms with Crippen LogP contribution in [0.1, 0.15) is 19.4 Å². The van der Waals surface area contributed by atoms with Gasteiger partial charge in [-0.05, 0) is 55.8 Å². The van der Waals surface area contributed by atoms with Crippen LogP contribution in [0, 0.1) is 0 Å². The van der Waals surface area contributed by atoms with Gasteiger partial charge in [0.1, 0.15) is 11.8 Å². The molecule has 1 atom stereocenters. The Morgan fingerprint density at radius 3 is 2.20 bits per heavy atom. The second-order valence-corrected chi connectivity index (χ2v) is 6.20. The molecular weight excluding hydrogens is 336 g/mol. The van der Waals surface area contributed by atoms with Gasteiger partial charge in [0.25, 0.3) is 0 Å². The lowest BCUT2D eigenvalue weighted by Crippen LogP contribution is -2.44. The fraction of sp³-hybridized carbons (Fsp3) is 0.350. The smallest absolute Gasteiger partial charge is 0.245 e. The summed E-state index contributed by atoms with van der Waals surface area (Å²) in [6.45, 7) is 5.37. The molecule has 1 unspecified atom stereocenters. The van der Waals surface area contributed by atoms with Crippen LogP contribution in [0.15, 0.2) is 48.5 Å². The van der Waals surface area contributed by atoms with E-state index in [1.165, 1.54) is 0 Å². The fourth-order valence-corrected chi connectivity index (χ4v) is 2.83. The van der Waals surface area contributed by atoms with Crippen LogP contribution in [0.4, 0.5) is 5.69 Å². The number of carbonyl (C=O) groups excluding carboxylic acids is 1. The number of hydrogen-bond donors (Lipinski definition) is 1. The molecule has 2 aromatic rings. The largest absolute Gasteiger partial charge is 0.497 e. The van der Waals surface area contributed by atoms with Gasteiger partial charge in [0.15, 0.2) is 0 Å². The number of amides is 1. The van der Waals surface area contributed by atoms with Crippen molar-refractivity contribution in [2.24, 2.45) is 0 Å². The molecule has 1 amide bonds. The van der Waals surface area contributed by atoms with E-state index >= 15 is 0 Å². The van der Waals surface area contributed by atoms with Crippen molar-refractivity contribution in [3.8, 4) is 5.75 Å². The van der Waals surface area contributed by atoms with E-state index in [9.17, 15) is 4.79 Å². The third-order valence-electron chi connectivity index (χ3n) is 4.16. The van der Waals surface area contributed by atoms with E-state index in [4.69, 9.17) is 16.3 Å². The van der Waals surface area contributed by atoms with Crippen LogP contribution >= 0.6 is 11.6 Å². The standard InChI is InChI=1S/C20H25ClN2O2/c1-4-23(5-2)20(24)19(14-15-6-8-16(21)9-7-15)22-17-10-12-18(25-3)13-11-17/h6-13,19,22H,4-5,14H2,1-3H3. The average Bonchev–Trinajstić information content (AvgIpc) is 2.64. The number of hydrogen-bond acceptors (Lipinski definition) is 3. The lowest BCUT2D eigenvalue weighted by Gasteiger charge is -2.26. The summed E-state index contributed by atoms with van der Waals surface area (Å²) in [5.41, 5.74) is 1.95. The molecule has 0 spiro atoms. The number of rotatable bonds is 8. The molecule has 5 heteroatoms. The number of nitrogens with one attached hydrogen (secondary N) is 1. The van der Waals surface area contributed by atoms with Gasteiger partial charge in [-0.3, -0.25) is 4.79 Å². The minimum atomic E-state index is -0.338. The number of nitrogens with zero attached hydrogens (tertiary/aromatic N) is 1. The van der Waals surface area contributed by atoms with Crippen LogP contribution in [0.5, 0.6) is 5.75 Å². The van der Waals surface area contributed by atoms with E-state index in [0.29, 0.717) is 24.5 Å². The number of halogens is 1. The molecule has 0 saturated heterocycles. The topological polar surface area (TPSA) is 41.6 Å². The Hall–Kier alpha value is -2.20. The molecule has 0 aliphatic carbocycles. The van der Waals surface area contributed by atoms with Crippen molar-refractivity contribution < 1.29 is 9.53 Å². The molecule has 0 aliphatic rings. The highest BCUT2D eigenvalue weighted by Crippen LogP contribution is 2.18. The van der Waals surface area contributed by atoms with Gasteiger partial charge < -0.3 is 15.0 Å². The summed E-state index contributed by atoms with van der Waals surface area (Å²) in [4.78, 5) is 14.8. The third-order valence-corrected chi connectivity index (χ3v) is 4.41. The molecule has 0 aromatic heterocycles. The predicted molar refractivity (Wildman–Crippen MR) is 103 cm³/mol. The maximum Gasteiger partial charge on any atom is 0.245 e. The normalized spacial score (nSPS) is 11.7. The first kappa shape index (κ1) is 19.1. The quantitative estimate of drug-likeness (QED) is 0.765. The minimum absolute atomic E-state index is 0.0933. The van der Waals surface area contributed by atoms with E-state index in [1.54, 1.807) is 7.11 Å². The molecule has 4 nitrogen and oxygen atoms in total. The Labute approximate surface area is 154 Å². The predicted octanol–water partition coefficient (Wildman–Crippen LogP) is 4.24. The lowest BCUT2D eigenvalue weighted by molar-refractivity contribution is -0.131. The summed E-state index contributed by atoms with van der Waals surface area (Å²) < 4.78 is 5.19. The molecule has 0 heterocycles. The zero-order valence-electron chi connectivity index (χ0n) is 15.0. The summed E-state index contributed by atoms with van der Waals surface area (Å²) >= 11 is 5.96. The number of likely N-dealkylation sites (N-methyl/N-ethyl adjacent to an activating group) is 1. The van der Waals surface area contributed by atoms with Crippen LogP contribution in [0.2, 0.25) is 5.02 Å². The first-order valence-corrected chi connectivity index (χ1v) is 8.89. The summed E-state index contributed by atoms with van der Waals surface area (Å²) in [5, 5.41) is 4.06. The van der Waals surface area contributed by atoms with Gasteiger partial charge in [0.05, 0.1) is 7.11 Å². The van der Waals surface area contributed by atoms with Crippen molar-refractivity contribution >= 4 is 23.2 Å². The van der Waals surface area contributed by atoms with E-state index in [0.717, 1.165) is 17.0 Å². The van der Waals surface area contributed by atoms with E-state index in [-0.39, 0.29) is 11.9 Å². The zero-order chi connectivity index (χ0) is 18.2. The van der Waals surface area contributed by atoms with Crippen molar-refractivity contribution in [2.45, 2.75) is 26.3 Å². The van der Waals surface area contributed by atoms with Gasteiger partial charge in [0.2, 0.25) is 5.91 Å². The maximum absolute atomic E-state index is 12.9. The van der Waals surface area contributed by atoms with E-state index in [2.05, 4.69) is 5.32 Å². The first-order valence-electron chi connectivity index (χ1n) is 8.51. The van der Waals surface area contributed by atoms with Gasteiger partial charge in [-0.1, -0.05) is 23.7 Å².